The first-order chi connectivity index (χ1) is 7.54. The Balaban J connectivity index is 2.82. The molecule has 1 aromatic rings. The Morgan fingerprint density at radius 2 is 2.00 bits per heavy atom. The lowest BCUT2D eigenvalue weighted by Crippen LogP contribution is -2.37. The number of phenolic OH excluding ortho intramolecular Hbond substituents is 1. The van der Waals surface area contributed by atoms with Gasteiger partial charge in [-0.05, 0) is 31.2 Å². The van der Waals surface area contributed by atoms with Crippen molar-refractivity contribution in [1.82, 2.24) is 4.90 Å². The van der Waals surface area contributed by atoms with E-state index in [0.717, 1.165) is 0 Å². The molecule has 0 heterocycles. The van der Waals surface area contributed by atoms with Crippen LogP contribution < -0.4 is 5.73 Å². The van der Waals surface area contributed by atoms with Gasteiger partial charge >= 0.3 is 0 Å². The summed E-state index contributed by atoms with van der Waals surface area (Å²) in [6.07, 6.45) is 0. The molecule has 0 radical (unpaired) electrons. The average molecular weight is 238 g/mol. The molecule has 16 heavy (non-hydrogen) atoms. The lowest BCUT2D eigenvalue weighted by Gasteiger charge is -2.20. The molecule has 0 aliphatic rings. The Labute approximate surface area is 99.7 Å². The molecular formula is C11H14N2O2S. The Morgan fingerprint density at radius 3 is 2.44 bits per heavy atom. The highest BCUT2D eigenvalue weighted by atomic mass is 32.1. The van der Waals surface area contributed by atoms with Crippen molar-refractivity contribution in [3.63, 3.8) is 0 Å². The van der Waals surface area contributed by atoms with Crippen LogP contribution in [0.4, 0.5) is 0 Å². The van der Waals surface area contributed by atoms with E-state index >= 15 is 0 Å². The number of hydrogen-bond donors (Lipinski definition) is 2. The van der Waals surface area contributed by atoms with Crippen molar-refractivity contribution in [2.45, 2.75) is 6.92 Å². The van der Waals surface area contributed by atoms with Gasteiger partial charge in [0.2, 0.25) is 0 Å². The van der Waals surface area contributed by atoms with Gasteiger partial charge in [-0.1, -0.05) is 12.2 Å². The molecule has 0 aliphatic carbocycles. The zero-order valence-corrected chi connectivity index (χ0v) is 9.83. The van der Waals surface area contributed by atoms with Crippen LogP contribution >= 0.6 is 12.2 Å². The Morgan fingerprint density at radius 1 is 1.44 bits per heavy atom. The second-order valence-electron chi connectivity index (χ2n) is 3.33. The molecule has 0 bridgehead atoms. The minimum atomic E-state index is -0.143. The van der Waals surface area contributed by atoms with Crippen molar-refractivity contribution in [3.8, 4) is 5.75 Å². The first kappa shape index (κ1) is 12.4. The number of aromatic hydroxyl groups is 1. The molecule has 0 atom stereocenters. The van der Waals surface area contributed by atoms with Gasteiger partial charge in [-0.2, -0.15) is 0 Å². The number of nitrogens with two attached hydrogens (primary N) is 1. The monoisotopic (exact) mass is 238 g/mol. The molecule has 0 aliphatic heterocycles. The zero-order chi connectivity index (χ0) is 12.1. The maximum Gasteiger partial charge on any atom is 0.254 e. The number of carbonyl (C=O) groups is 1. The second-order valence-corrected chi connectivity index (χ2v) is 3.86. The average Bonchev–Trinajstić information content (AvgIpc) is 2.25. The lowest BCUT2D eigenvalue weighted by molar-refractivity contribution is 0.0788. The van der Waals surface area contributed by atoms with E-state index in [0.29, 0.717) is 12.1 Å². The van der Waals surface area contributed by atoms with Gasteiger partial charge in [0, 0.05) is 12.1 Å². The van der Waals surface area contributed by atoms with E-state index in [1.54, 1.807) is 17.0 Å². The Bertz CT molecular complexity index is 389. The molecule has 0 saturated heterocycles. The van der Waals surface area contributed by atoms with E-state index in [9.17, 15) is 4.79 Å². The molecule has 1 rings (SSSR count). The van der Waals surface area contributed by atoms with E-state index in [1.807, 2.05) is 6.92 Å². The summed E-state index contributed by atoms with van der Waals surface area (Å²) in [4.78, 5) is 13.8. The zero-order valence-electron chi connectivity index (χ0n) is 9.01. The molecular weight excluding hydrogens is 224 g/mol. The Hall–Kier alpha value is -1.62. The number of nitrogens with zero attached hydrogens (tertiary/aromatic N) is 1. The normalized spacial score (nSPS) is 9.81. The van der Waals surface area contributed by atoms with Crippen molar-refractivity contribution in [3.05, 3.63) is 29.8 Å². The fourth-order valence-electron chi connectivity index (χ4n) is 1.30. The van der Waals surface area contributed by atoms with Gasteiger partial charge < -0.3 is 15.7 Å². The summed E-state index contributed by atoms with van der Waals surface area (Å²) in [6.45, 7) is 2.67. The highest BCUT2D eigenvalue weighted by molar-refractivity contribution is 7.80. The van der Waals surface area contributed by atoms with Crippen molar-refractivity contribution in [2.24, 2.45) is 5.73 Å². The summed E-state index contributed by atoms with van der Waals surface area (Å²) in [6, 6.07) is 6.09. The molecule has 3 N–H and O–H groups in total. The van der Waals surface area contributed by atoms with Crippen LogP contribution in [0.1, 0.15) is 17.3 Å². The number of thiocarbonyl (C=S) groups is 1. The van der Waals surface area contributed by atoms with Crippen molar-refractivity contribution < 1.29 is 9.90 Å². The predicted molar refractivity (Wildman–Crippen MR) is 66.5 cm³/mol. The lowest BCUT2D eigenvalue weighted by atomic mass is 10.2. The fraction of sp³-hybridized carbons (Fsp3) is 0.273. The Kier molecular flexibility index (Phi) is 4.25. The second kappa shape index (κ2) is 5.46. The first-order valence-electron chi connectivity index (χ1n) is 4.91. The highest BCUT2D eigenvalue weighted by Gasteiger charge is 2.14. The topological polar surface area (TPSA) is 66.6 Å². The summed E-state index contributed by atoms with van der Waals surface area (Å²) in [5.41, 5.74) is 5.92. The van der Waals surface area contributed by atoms with Crippen LogP contribution in [0.15, 0.2) is 24.3 Å². The molecule has 1 amide bonds. The number of amides is 1. The first-order valence-corrected chi connectivity index (χ1v) is 5.32. The third-order valence-electron chi connectivity index (χ3n) is 2.13. The van der Waals surface area contributed by atoms with Crippen molar-refractivity contribution in [1.29, 1.82) is 0 Å². The molecule has 0 fully saturated rings. The largest absolute Gasteiger partial charge is 0.508 e. The molecule has 5 heteroatoms. The van der Waals surface area contributed by atoms with E-state index in [4.69, 9.17) is 23.1 Å². The van der Waals surface area contributed by atoms with Gasteiger partial charge in [0.05, 0.1) is 11.5 Å². The number of hydrogen-bond acceptors (Lipinski definition) is 3. The predicted octanol–water partition coefficient (Wildman–Crippen LogP) is 1.14. The molecule has 1 aromatic carbocycles. The van der Waals surface area contributed by atoms with Gasteiger partial charge in [-0.25, -0.2) is 0 Å². The number of phenols is 1. The number of likely N-dealkylation sites (N-methyl/N-ethyl adjacent to an activating group) is 1. The maximum atomic E-state index is 12.0. The van der Waals surface area contributed by atoms with Crippen LogP contribution in [-0.4, -0.2) is 34.0 Å². The van der Waals surface area contributed by atoms with Crippen molar-refractivity contribution in [2.75, 3.05) is 13.1 Å². The van der Waals surface area contributed by atoms with Gasteiger partial charge in [-0.3, -0.25) is 4.79 Å². The van der Waals surface area contributed by atoms with E-state index in [-0.39, 0.29) is 23.2 Å². The molecule has 0 aromatic heterocycles. The van der Waals surface area contributed by atoms with Crippen LogP contribution in [-0.2, 0) is 0 Å². The molecule has 0 saturated carbocycles. The summed E-state index contributed by atoms with van der Waals surface area (Å²) < 4.78 is 0. The van der Waals surface area contributed by atoms with Crippen LogP contribution in [0.25, 0.3) is 0 Å². The molecule has 0 spiro atoms. The summed E-state index contributed by atoms with van der Waals surface area (Å²) in [7, 11) is 0. The molecule has 4 nitrogen and oxygen atoms in total. The van der Waals surface area contributed by atoms with Gasteiger partial charge in [0.1, 0.15) is 5.75 Å². The van der Waals surface area contributed by atoms with E-state index in [2.05, 4.69) is 0 Å². The van der Waals surface area contributed by atoms with Gasteiger partial charge in [-0.15, -0.1) is 0 Å². The maximum absolute atomic E-state index is 12.0. The fourth-order valence-corrected chi connectivity index (χ4v) is 1.46. The number of carbonyl (C=O) groups excluding carboxylic acids is 1. The minimum absolute atomic E-state index is 0.133. The van der Waals surface area contributed by atoms with Crippen LogP contribution in [0.3, 0.4) is 0 Å². The van der Waals surface area contributed by atoms with E-state index < -0.39 is 0 Å². The van der Waals surface area contributed by atoms with Crippen LogP contribution in [0.2, 0.25) is 0 Å². The summed E-state index contributed by atoms with van der Waals surface area (Å²) >= 11 is 4.77. The smallest absolute Gasteiger partial charge is 0.254 e. The molecule has 0 unspecified atom stereocenters. The third-order valence-corrected chi connectivity index (χ3v) is 2.26. The third kappa shape index (κ3) is 3.20. The summed E-state index contributed by atoms with van der Waals surface area (Å²) in [5, 5.41) is 9.11. The number of rotatable bonds is 4. The van der Waals surface area contributed by atoms with Crippen molar-refractivity contribution >= 4 is 23.1 Å². The van der Waals surface area contributed by atoms with Crippen LogP contribution in [0.5, 0.6) is 5.75 Å². The quantitative estimate of drug-likeness (QED) is 0.772. The summed E-state index contributed by atoms with van der Waals surface area (Å²) in [5.74, 6) is -0.00996. The SMILES string of the molecule is CCN(CC(N)=S)C(=O)c1ccc(O)cc1. The highest BCUT2D eigenvalue weighted by Crippen LogP contribution is 2.11. The standard InChI is InChI=1S/C11H14N2O2S/c1-2-13(7-10(12)16)11(15)8-3-5-9(14)6-4-8/h3-6,14H,2,7H2,1H3,(H2,12,16). The minimum Gasteiger partial charge on any atom is -0.508 e. The molecule has 86 valence electrons. The van der Waals surface area contributed by atoms with Crippen LogP contribution in [0, 0.1) is 0 Å². The van der Waals surface area contributed by atoms with Gasteiger partial charge in [0.25, 0.3) is 5.91 Å². The number of benzene rings is 1. The van der Waals surface area contributed by atoms with E-state index in [1.165, 1.54) is 12.1 Å². The van der Waals surface area contributed by atoms with Gasteiger partial charge in [0.15, 0.2) is 0 Å².